The van der Waals surface area contributed by atoms with Crippen molar-refractivity contribution in [3.05, 3.63) is 83.4 Å². The Bertz CT molecular complexity index is 1240. The Balaban J connectivity index is 1.88. The average Bonchev–Trinajstić information content (AvgIpc) is 2.73. The number of rotatable bonds is 4. The Morgan fingerprint density at radius 2 is 1.70 bits per heavy atom. The number of sulfonamides is 1. The minimum Gasteiger partial charge on any atom is -0.287 e. The van der Waals surface area contributed by atoms with Crippen LogP contribution < -0.4 is 9.21 Å². The SMILES string of the molecule is CSc1cccc(N2C(=O)N(Cc3cc(C)ccc3C)c3ccccc3S2(=O)=O)c1. The van der Waals surface area contributed by atoms with Crippen LogP contribution in [0.15, 0.2) is 76.5 Å². The maximum absolute atomic E-state index is 13.6. The fraction of sp³-hybridized carbons (Fsp3) is 0.174. The molecule has 154 valence electrons. The number of aryl methyl sites for hydroxylation is 2. The van der Waals surface area contributed by atoms with E-state index in [1.165, 1.54) is 11.8 Å². The van der Waals surface area contributed by atoms with Crippen molar-refractivity contribution in [2.24, 2.45) is 0 Å². The van der Waals surface area contributed by atoms with Crippen LogP contribution >= 0.6 is 11.8 Å². The lowest BCUT2D eigenvalue weighted by Crippen LogP contribution is -2.50. The van der Waals surface area contributed by atoms with Gasteiger partial charge in [0.15, 0.2) is 0 Å². The van der Waals surface area contributed by atoms with Gasteiger partial charge >= 0.3 is 6.03 Å². The molecule has 1 aliphatic heterocycles. The summed E-state index contributed by atoms with van der Waals surface area (Å²) in [5.41, 5.74) is 3.86. The van der Waals surface area contributed by atoms with Gasteiger partial charge in [-0.3, -0.25) is 4.90 Å². The fourth-order valence-corrected chi connectivity index (χ4v) is 5.63. The minimum absolute atomic E-state index is 0.129. The van der Waals surface area contributed by atoms with E-state index in [4.69, 9.17) is 0 Å². The van der Waals surface area contributed by atoms with Crippen molar-refractivity contribution in [3.8, 4) is 0 Å². The molecule has 0 unspecified atom stereocenters. The number of urea groups is 1. The first-order chi connectivity index (χ1) is 14.3. The standard InChI is InChI=1S/C23H22N2O3S2/c1-16-11-12-17(2)18(13-16)15-24-21-9-4-5-10-22(21)30(27,28)25(23(24)26)19-7-6-8-20(14-19)29-3/h4-14H,15H2,1-3H3. The topological polar surface area (TPSA) is 57.7 Å². The quantitative estimate of drug-likeness (QED) is 0.515. The van der Waals surface area contributed by atoms with Gasteiger partial charge in [-0.15, -0.1) is 11.8 Å². The van der Waals surface area contributed by atoms with Crippen LogP contribution in [-0.4, -0.2) is 20.7 Å². The van der Waals surface area contributed by atoms with Crippen LogP contribution in [0.25, 0.3) is 0 Å². The molecule has 30 heavy (non-hydrogen) atoms. The van der Waals surface area contributed by atoms with E-state index in [1.807, 2.05) is 44.4 Å². The van der Waals surface area contributed by atoms with Crippen LogP contribution in [0.1, 0.15) is 16.7 Å². The molecule has 0 saturated carbocycles. The molecule has 0 N–H and O–H groups in total. The molecule has 1 heterocycles. The van der Waals surface area contributed by atoms with Crippen LogP contribution in [0, 0.1) is 13.8 Å². The molecule has 0 saturated heterocycles. The molecular weight excluding hydrogens is 416 g/mol. The largest absolute Gasteiger partial charge is 0.343 e. The summed E-state index contributed by atoms with van der Waals surface area (Å²) < 4.78 is 27.7. The molecule has 3 aromatic rings. The summed E-state index contributed by atoms with van der Waals surface area (Å²) in [5.74, 6) is 0. The molecule has 4 rings (SSSR count). The number of anilines is 2. The second kappa shape index (κ2) is 7.81. The third-order valence-corrected chi connectivity index (χ3v) is 7.67. The van der Waals surface area contributed by atoms with Crippen molar-refractivity contribution in [2.75, 3.05) is 15.5 Å². The molecule has 2 amide bonds. The molecule has 0 atom stereocenters. The molecule has 3 aromatic carbocycles. The monoisotopic (exact) mass is 438 g/mol. The van der Waals surface area contributed by atoms with Gasteiger partial charge in [0.2, 0.25) is 0 Å². The first-order valence-electron chi connectivity index (χ1n) is 9.49. The maximum Gasteiger partial charge on any atom is 0.343 e. The molecule has 0 spiro atoms. The lowest BCUT2D eigenvalue weighted by Gasteiger charge is -2.36. The first kappa shape index (κ1) is 20.5. The van der Waals surface area contributed by atoms with Crippen molar-refractivity contribution >= 4 is 39.2 Å². The van der Waals surface area contributed by atoms with Gasteiger partial charge in [-0.05, 0) is 61.6 Å². The first-order valence-corrected chi connectivity index (χ1v) is 12.2. The Kier molecular flexibility index (Phi) is 5.34. The average molecular weight is 439 g/mol. The smallest absolute Gasteiger partial charge is 0.287 e. The van der Waals surface area contributed by atoms with E-state index in [-0.39, 0.29) is 11.4 Å². The Hall–Kier alpha value is -2.77. The summed E-state index contributed by atoms with van der Waals surface area (Å²) in [7, 11) is -4.02. The zero-order valence-corrected chi connectivity index (χ0v) is 18.6. The number of nitrogens with zero attached hydrogens (tertiary/aromatic N) is 2. The number of carbonyl (C=O) groups excluding carboxylic acids is 1. The zero-order valence-electron chi connectivity index (χ0n) is 17.0. The van der Waals surface area contributed by atoms with E-state index in [2.05, 4.69) is 0 Å². The van der Waals surface area contributed by atoms with E-state index in [0.29, 0.717) is 11.4 Å². The number of carbonyl (C=O) groups is 1. The van der Waals surface area contributed by atoms with Gasteiger partial charge in [-0.2, -0.15) is 4.31 Å². The second-order valence-electron chi connectivity index (χ2n) is 7.24. The third-order valence-electron chi connectivity index (χ3n) is 5.20. The predicted octanol–water partition coefficient (Wildman–Crippen LogP) is 5.36. The normalized spacial score (nSPS) is 15.2. The summed E-state index contributed by atoms with van der Waals surface area (Å²) in [6.07, 6.45) is 1.91. The molecule has 0 aliphatic carbocycles. The van der Waals surface area contributed by atoms with Crippen LogP contribution in [0.3, 0.4) is 0 Å². The van der Waals surface area contributed by atoms with Gasteiger partial charge in [-0.25, -0.2) is 13.2 Å². The molecule has 5 nitrogen and oxygen atoms in total. The molecule has 7 heteroatoms. The third kappa shape index (κ3) is 3.48. The Labute approximate surface area is 181 Å². The summed E-state index contributed by atoms with van der Waals surface area (Å²) in [6, 6.07) is 19.2. The number of hydrogen-bond donors (Lipinski definition) is 0. The number of para-hydroxylation sites is 1. The molecular formula is C23H22N2O3S2. The highest BCUT2D eigenvalue weighted by Crippen LogP contribution is 2.38. The highest BCUT2D eigenvalue weighted by molar-refractivity contribution is 7.98. The molecule has 1 aliphatic rings. The number of thioether (sulfide) groups is 1. The second-order valence-corrected chi connectivity index (χ2v) is 9.87. The number of hydrogen-bond acceptors (Lipinski definition) is 4. The highest BCUT2D eigenvalue weighted by atomic mass is 32.2. The van der Waals surface area contributed by atoms with Crippen molar-refractivity contribution in [1.82, 2.24) is 0 Å². The lowest BCUT2D eigenvalue weighted by atomic mass is 10.0. The molecule has 0 bridgehead atoms. The molecule has 0 aromatic heterocycles. The van der Waals surface area contributed by atoms with Gasteiger partial charge < -0.3 is 0 Å². The van der Waals surface area contributed by atoms with Gasteiger partial charge in [0.05, 0.1) is 17.9 Å². The van der Waals surface area contributed by atoms with Crippen LogP contribution in [0.4, 0.5) is 16.2 Å². The lowest BCUT2D eigenvalue weighted by molar-refractivity contribution is 0.253. The van der Waals surface area contributed by atoms with Gasteiger partial charge in [0.25, 0.3) is 10.0 Å². The predicted molar refractivity (Wildman–Crippen MR) is 122 cm³/mol. The highest BCUT2D eigenvalue weighted by Gasteiger charge is 2.42. The van der Waals surface area contributed by atoms with Gasteiger partial charge in [0, 0.05) is 4.90 Å². The van der Waals surface area contributed by atoms with Crippen LogP contribution in [0.5, 0.6) is 0 Å². The van der Waals surface area contributed by atoms with E-state index in [1.54, 1.807) is 47.4 Å². The maximum atomic E-state index is 13.6. The van der Waals surface area contributed by atoms with Crippen molar-refractivity contribution in [1.29, 1.82) is 0 Å². The van der Waals surface area contributed by atoms with Gasteiger partial charge in [0.1, 0.15) is 4.90 Å². The van der Waals surface area contributed by atoms with Crippen LogP contribution in [0.2, 0.25) is 0 Å². The molecule has 0 fully saturated rings. The summed E-state index contributed by atoms with van der Waals surface area (Å²) >= 11 is 1.49. The minimum atomic E-state index is -4.02. The Morgan fingerprint density at radius 3 is 2.47 bits per heavy atom. The number of amides is 2. The van der Waals surface area contributed by atoms with Crippen LogP contribution in [-0.2, 0) is 16.6 Å². The van der Waals surface area contributed by atoms with E-state index in [0.717, 1.165) is 25.9 Å². The number of fused-ring (bicyclic) bond motifs is 1. The van der Waals surface area contributed by atoms with E-state index in [9.17, 15) is 13.2 Å². The summed E-state index contributed by atoms with van der Waals surface area (Å²) in [5, 5.41) is 0. The van der Waals surface area contributed by atoms with Crippen molar-refractivity contribution in [3.63, 3.8) is 0 Å². The van der Waals surface area contributed by atoms with Crippen molar-refractivity contribution in [2.45, 2.75) is 30.2 Å². The summed E-state index contributed by atoms with van der Waals surface area (Å²) in [6.45, 7) is 4.28. The molecule has 0 radical (unpaired) electrons. The zero-order chi connectivity index (χ0) is 21.5. The number of benzene rings is 3. The fourth-order valence-electron chi connectivity index (χ4n) is 3.59. The Morgan fingerprint density at radius 1 is 0.933 bits per heavy atom. The summed E-state index contributed by atoms with van der Waals surface area (Å²) in [4.78, 5) is 16.1. The van der Waals surface area contributed by atoms with Crippen molar-refractivity contribution < 1.29 is 13.2 Å². The van der Waals surface area contributed by atoms with E-state index >= 15 is 0 Å². The van der Waals surface area contributed by atoms with Gasteiger partial charge in [-0.1, -0.05) is 42.0 Å². The van der Waals surface area contributed by atoms with E-state index < -0.39 is 16.1 Å².